The van der Waals surface area contributed by atoms with Crippen molar-refractivity contribution >= 4 is 28.9 Å². The van der Waals surface area contributed by atoms with Crippen molar-refractivity contribution in [2.45, 2.75) is 62.4 Å². The minimum absolute atomic E-state index is 0.0717. The molecule has 1 aromatic carbocycles. The lowest BCUT2D eigenvalue weighted by atomic mass is 9.77. The fourth-order valence-electron chi connectivity index (χ4n) is 5.21. The Kier molecular flexibility index (Phi) is 5.41. The number of aliphatic hydroxyl groups is 2. The predicted molar refractivity (Wildman–Crippen MR) is 120 cm³/mol. The van der Waals surface area contributed by atoms with Gasteiger partial charge in [-0.25, -0.2) is 4.68 Å². The Morgan fingerprint density at radius 1 is 1.16 bits per heavy atom. The minimum Gasteiger partial charge on any atom is -0.390 e. The van der Waals surface area contributed by atoms with Crippen molar-refractivity contribution in [1.82, 2.24) is 20.4 Å². The molecule has 8 nitrogen and oxygen atoms in total. The van der Waals surface area contributed by atoms with Gasteiger partial charge in [0, 0.05) is 24.1 Å². The molecule has 3 aliphatic rings. The standard InChI is InChI=1S/C22H27N5O3S/c28-17-12-16(21(30)24-13-4-1-2-5-13)19-18(20(17)29)25-22(31)27(19)15-8-6-14(7-9-15)26-11-3-10-23-26/h3,6-11,13,16-20,28-29H,1-2,4-5,12H2,(H,24,30)(H,25,31)/t16-,17-,18-,19-,20+/m1/s1. The van der Waals surface area contributed by atoms with Crippen molar-refractivity contribution < 1.29 is 15.0 Å². The second kappa shape index (κ2) is 8.22. The second-order valence-corrected chi connectivity index (χ2v) is 9.08. The van der Waals surface area contributed by atoms with Crippen LogP contribution in [0.5, 0.6) is 0 Å². The van der Waals surface area contributed by atoms with Crippen LogP contribution in [-0.2, 0) is 4.79 Å². The molecule has 9 heteroatoms. The van der Waals surface area contributed by atoms with Crippen LogP contribution in [0, 0.1) is 5.92 Å². The first-order valence-corrected chi connectivity index (χ1v) is 11.3. The lowest BCUT2D eigenvalue weighted by Gasteiger charge is -2.41. The molecule has 0 spiro atoms. The summed E-state index contributed by atoms with van der Waals surface area (Å²) in [5.74, 6) is -0.555. The van der Waals surface area contributed by atoms with Crippen molar-refractivity contribution in [3.05, 3.63) is 42.7 Å². The molecule has 4 N–H and O–H groups in total. The number of fused-ring (bicyclic) bond motifs is 1. The maximum atomic E-state index is 13.2. The lowest BCUT2D eigenvalue weighted by Crippen LogP contribution is -2.61. The Hall–Kier alpha value is -2.49. The Labute approximate surface area is 186 Å². The van der Waals surface area contributed by atoms with E-state index >= 15 is 0 Å². The van der Waals surface area contributed by atoms with Crippen LogP contribution >= 0.6 is 12.2 Å². The summed E-state index contributed by atoms with van der Waals surface area (Å²) in [7, 11) is 0. The van der Waals surface area contributed by atoms with E-state index in [1.54, 1.807) is 10.9 Å². The molecule has 5 atom stereocenters. The number of thiocarbonyl (C=S) groups is 1. The van der Waals surface area contributed by atoms with Gasteiger partial charge in [0.25, 0.3) is 0 Å². The van der Waals surface area contributed by atoms with Crippen molar-refractivity contribution in [3.63, 3.8) is 0 Å². The zero-order valence-electron chi connectivity index (χ0n) is 17.1. The van der Waals surface area contributed by atoms with Gasteiger partial charge in [0.1, 0.15) is 6.10 Å². The van der Waals surface area contributed by atoms with Crippen LogP contribution in [-0.4, -0.2) is 61.3 Å². The quantitative estimate of drug-likeness (QED) is 0.527. The van der Waals surface area contributed by atoms with Crippen molar-refractivity contribution in [1.29, 1.82) is 0 Å². The summed E-state index contributed by atoms with van der Waals surface area (Å²) >= 11 is 5.60. The molecular weight excluding hydrogens is 414 g/mol. The molecule has 2 heterocycles. The van der Waals surface area contributed by atoms with Gasteiger partial charge in [-0.1, -0.05) is 12.8 Å². The molecule has 1 saturated heterocycles. The number of benzene rings is 1. The number of carbonyl (C=O) groups excluding carboxylic acids is 1. The molecule has 2 aliphatic carbocycles. The van der Waals surface area contributed by atoms with Crippen LogP contribution in [0.15, 0.2) is 42.7 Å². The third kappa shape index (κ3) is 3.71. The molecule has 31 heavy (non-hydrogen) atoms. The van der Waals surface area contributed by atoms with E-state index in [0.717, 1.165) is 37.1 Å². The summed E-state index contributed by atoms with van der Waals surface area (Å²) in [5, 5.41) is 32.1. The maximum absolute atomic E-state index is 13.2. The Bertz CT molecular complexity index is 945. The van der Waals surface area contributed by atoms with Gasteiger partial charge in [0.2, 0.25) is 5.91 Å². The van der Waals surface area contributed by atoms with E-state index in [1.807, 2.05) is 41.4 Å². The molecule has 1 aromatic heterocycles. The van der Waals surface area contributed by atoms with Crippen LogP contribution in [0.1, 0.15) is 32.1 Å². The Balaban J connectivity index is 1.44. The van der Waals surface area contributed by atoms with Crippen LogP contribution < -0.4 is 15.5 Å². The molecule has 0 radical (unpaired) electrons. The topological polar surface area (TPSA) is 103 Å². The van der Waals surface area contributed by atoms with E-state index in [0.29, 0.717) is 5.11 Å². The maximum Gasteiger partial charge on any atom is 0.225 e. The first kappa shape index (κ1) is 20.4. The molecule has 3 fully saturated rings. The summed E-state index contributed by atoms with van der Waals surface area (Å²) in [6.45, 7) is 0. The normalized spacial score (nSPS) is 30.8. The number of hydrogen-bond donors (Lipinski definition) is 4. The number of nitrogens with one attached hydrogen (secondary N) is 2. The summed E-state index contributed by atoms with van der Waals surface area (Å²) in [6, 6.07) is 8.94. The second-order valence-electron chi connectivity index (χ2n) is 8.69. The first-order valence-electron chi connectivity index (χ1n) is 10.9. The number of aromatic nitrogens is 2. The number of carbonyl (C=O) groups is 1. The zero-order valence-corrected chi connectivity index (χ0v) is 17.9. The number of rotatable bonds is 4. The van der Waals surface area contributed by atoms with Gasteiger partial charge < -0.3 is 25.7 Å². The van der Waals surface area contributed by atoms with Gasteiger partial charge in [-0.05, 0) is 61.8 Å². The average molecular weight is 442 g/mol. The monoisotopic (exact) mass is 441 g/mol. The molecule has 2 aromatic rings. The minimum atomic E-state index is -0.994. The molecule has 1 aliphatic heterocycles. The smallest absolute Gasteiger partial charge is 0.225 e. The summed E-state index contributed by atoms with van der Waals surface area (Å²) in [5.41, 5.74) is 1.75. The largest absolute Gasteiger partial charge is 0.390 e. The third-order valence-electron chi connectivity index (χ3n) is 6.78. The third-order valence-corrected chi connectivity index (χ3v) is 7.09. The van der Waals surface area contributed by atoms with Crippen molar-refractivity contribution in [2.24, 2.45) is 5.92 Å². The fraction of sp³-hybridized carbons (Fsp3) is 0.500. The molecule has 2 saturated carbocycles. The summed E-state index contributed by atoms with van der Waals surface area (Å²) < 4.78 is 1.77. The summed E-state index contributed by atoms with van der Waals surface area (Å²) in [6.07, 6.45) is 6.07. The molecule has 0 unspecified atom stereocenters. The van der Waals surface area contributed by atoms with Gasteiger partial charge in [-0.2, -0.15) is 5.10 Å². The van der Waals surface area contributed by atoms with Gasteiger partial charge in [-0.15, -0.1) is 0 Å². The molecule has 0 bridgehead atoms. The van der Waals surface area contributed by atoms with Crippen molar-refractivity contribution in [2.75, 3.05) is 4.90 Å². The van der Waals surface area contributed by atoms with E-state index in [9.17, 15) is 15.0 Å². The van der Waals surface area contributed by atoms with Crippen LogP contribution in [0.3, 0.4) is 0 Å². The van der Waals surface area contributed by atoms with Gasteiger partial charge >= 0.3 is 0 Å². The highest BCUT2D eigenvalue weighted by Gasteiger charge is 2.54. The van der Waals surface area contributed by atoms with Gasteiger partial charge in [0.15, 0.2) is 5.11 Å². The number of hydrogen-bond acceptors (Lipinski definition) is 5. The van der Waals surface area contributed by atoms with Gasteiger partial charge in [-0.3, -0.25) is 4.79 Å². The number of aliphatic hydroxyl groups excluding tert-OH is 2. The van der Waals surface area contributed by atoms with Gasteiger partial charge in [0.05, 0.1) is 29.8 Å². The predicted octanol–water partition coefficient (Wildman–Crippen LogP) is 1.10. The van der Waals surface area contributed by atoms with Crippen LogP contribution in [0.25, 0.3) is 5.69 Å². The van der Waals surface area contributed by atoms with E-state index in [4.69, 9.17) is 12.2 Å². The molecule has 5 rings (SSSR count). The Morgan fingerprint density at radius 3 is 2.55 bits per heavy atom. The van der Waals surface area contributed by atoms with Crippen LogP contribution in [0.4, 0.5) is 5.69 Å². The van der Waals surface area contributed by atoms with Crippen LogP contribution in [0.2, 0.25) is 0 Å². The summed E-state index contributed by atoms with van der Waals surface area (Å²) in [4.78, 5) is 15.1. The average Bonchev–Trinajstić information content (AvgIpc) is 3.52. The number of amides is 1. The van der Waals surface area contributed by atoms with Crippen molar-refractivity contribution in [3.8, 4) is 5.69 Å². The highest BCUT2D eigenvalue weighted by molar-refractivity contribution is 7.80. The highest BCUT2D eigenvalue weighted by Crippen LogP contribution is 2.37. The number of anilines is 1. The lowest BCUT2D eigenvalue weighted by molar-refractivity contribution is -0.131. The number of nitrogens with zero attached hydrogens (tertiary/aromatic N) is 3. The van der Waals surface area contributed by atoms with E-state index in [1.165, 1.54) is 0 Å². The zero-order chi connectivity index (χ0) is 21.5. The van der Waals surface area contributed by atoms with E-state index < -0.39 is 24.2 Å². The highest BCUT2D eigenvalue weighted by atomic mass is 32.1. The SMILES string of the molecule is O=C(NC1CCCC1)[C@@H]1C[C@@H](O)[C@H](O)[C@@H]2NC(=S)N(c3ccc(-n4cccn4)cc3)[C@@H]21. The van der Waals surface area contributed by atoms with E-state index in [2.05, 4.69) is 15.7 Å². The van der Waals surface area contributed by atoms with E-state index in [-0.39, 0.29) is 24.4 Å². The Morgan fingerprint density at radius 2 is 1.87 bits per heavy atom. The molecule has 1 amide bonds. The fourth-order valence-corrected chi connectivity index (χ4v) is 5.57. The first-order chi connectivity index (χ1) is 15.0. The molecule has 164 valence electrons. The molecular formula is C22H27N5O3S.